The fraction of sp³-hybridized carbons (Fsp3) is 0.412. The summed E-state index contributed by atoms with van der Waals surface area (Å²) < 4.78 is 20.8. The van der Waals surface area contributed by atoms with Crippen molar-refractivity contribution in [2.45, 2.75) is 26.8 Å². The first-order valence-corrected chi connectivity index (χ1v) is 8.41. The standard InChI is InChI=1S/C17H23FN4OS/c1-3-23-10-6-9-19-17(24)20-16-11-13(2)22(21-16)12-14-7-4-5-8-15(14)18/h4-5,7-8,11H,3,6,9-10,12H2,1-2H3,(H2,19,20,21,24). The van der Waals surface area contributed by atoms with E-state index < -0.39 is 0 Å². The van der Waals surface area contributed by atoms with Gasteiger partial charge in [0, 0.05) is 37.1 Å². The molecule has 0 fully saturated rings. The molecular weight excluding hydrogens is 327 g/mol. The van der Waals surface area contributed by atoms with Gasteiger partial charge in [0.15, 0.2) is 10.9 Å². The van der Waals surface area contributed by atoms with E-state index in [1.54, 1.807) is 16.8 Å². The molecule has 2 aromatic rings. The zero-order valence-corrected chi connectivity index (χ0v) is 14.8. The lowest BCUT2D eigenvalue weighted by atomic mass is 10.2. The Balaban J connectivity index is 1.87. The predicted octanol–water partition coefficient (Wildman–Crippen LogP) is 3.09. The lowest BCUT2D eigenvalue weighted by Crippen LogP contribution is -2.30. The third-order valence-electron chi connectivity index (χ3n) is 3.46. The first-order chi connectivity index (χ1) is 11.6. The van der Waals surface area contributed by atoms with Gasteiger partial charge in [0.05, 0.1) is 6.54 Å². The van der Waals surface area contributed by atoms with E-state index in [9.17, 15) is 4.39 Å². The van der Waals surface area contributed by atoms with E-state index in [-0.39, 0.29) is 5.82 Å². The van der Waals surface area contributed by atoms with Crippen molar-refractivity contribution in [1.82, 2.24) is 15.1 Å². The molecule has 0 aliphatic heterocycles. The number of halogens is 1. The summed E-state index contributed by atoms with van der Waals surface area (Å²) in [6.45, 7) is 6.45. The van der Waals surface area contributed by atoms with Gasteiger partial charge in [0.25, 0.3) is 0 Å². The Morgan fingerprint density at radius 1 is 1.38 bits per heavy atom. The average Bonchev–Trinajstić information content (AvgIpc) is 2.89. The third-order valence-corrected chi connectivity index (χ3v) is 3.70. The highest BCUT2D eigenvalue weighted by Crippen LogP contribution is 2.13. The molecule has 0 radical (unpaired) electrons. The first kappa shape index (κ1) is 18.4. The highest BCUT2D eigenvalue weighted by Gasteiger charge is 2.08. The smallest absolute Gasteiger partial charge is 0.171 e. The second-order valence-electron chi connectivity index (χ2n) is 5.35. The quantitative estimate of drug-likeness (QED) is 0.566. The Kier molecular flexibility index (Phi) is 7.14. The van der Waals surface area contributed by atoms with Crippen molar-refractivity contribution in [3.05, 3.63) is 47.4 Å². The number of benzene rings is 1. The number of hydrogen-bond acceptors (Lipinski definition) is 3. The molecule has 130 valence electrons. The van der Waals surface area contributed by atoms with Crippen LogP contribution in [0, 0.1) is 12.7 Å². The summed E-state index contributed by atoms with van der Waals surface area (Å²) in [6, 6.07) is 8.59. The number of nitrogens with one attached hydrogen (secondary N) is 2. The Labute approximate surface area is 147 Å². The van der Waals surface area contributed by atoms with Gasteiger partial charge in [-0.1, -0.05) is 18.2 Å². The zero-order chi connectivity index (χ0) is 17.4. The molecule has 24 heavy (non-hydrogen) atoms. The SMILES string of the molecule is CCOCCCNC(=S)Nc1cc(C)n(Cc2ccccc2F)n1. The van der Waals surface area contributed by atoms with Gasteiger partial charge in [-0.3, -0.25) is 4.68 Å². The number of anilines is 1. The van der Waals surface area contributed by atoms with Gasteiger partial charge in [0.1, 0.15) is 5.82 Å². The lowest BCUT2D eigenvalue weighted by molar-refractivity contribution is 0.146. The Hall–Kier alpha value is -1.99. The van der Waals surface area contributed by atoms with Crippen LogP contribution in [0.2, 0.25) is 0 Å². The molecule has 0 unspecified atom stereocenters. The second-order valence-corrected chi connectivity index (χ2v) is 5.76. The van der Waals surface area contributed by atoms with Crippen molar-refractivity contribution in [2.24, 2.45) is 0 Å². The largest absolute Gasteiger partial charge is 0.382 e. The highest BCUT2D eigenvalue weighted by atomic mass is 32.1. The van der Waals surface area contributed by atoms with Gasteiger partial charge in [-0.25, -0.2) is 4.39 Å². The number of rotatable bonds is 8. The average molecular weight is 350 g/mol. The van der Waals surface area contributed by atoms with Crippen LogP contribution in [0.5, 0.6) is 0 Å². The molecule has 0 saturated heterocycles. The van der Waals surface area contributed by atoms with E-state index in [0.29, 0.717) is 29.6 Å². The summed E-state index contributed by atoms with van der Waals surface area (Å²) in [5.41, 5.74) is 1.53. The van der Waals surface area contributed by atoms with Crippen LogP contribution in [0.4, 0.5) is 10.2 Å². The maximum Gasteiger partial charge on any atom is 0.171 e. The number of ether oxygens (including phenoxy) is 1. The van der Waals surface area contributed by atoms with Crippen LogP contribution >= 0.6 is 12.2 Å². The van der Waals surface area contributed by atoms with Crippen molar-refractivity contribution in [2.75, 3.05) is 25.1 Å². The summed E-state index contributed by atoms with van der Waals surface area (Å²) in [7, 11) is 0. The minimum absolute atomic E-state index is 0.228. The monoisotopic (exact) mass is 350 g/mol. The number of hydrogen-bond donors (Lipinski definition) is 2. The molecule has 0 saturated carbocycles. The third kappa shape index (κ3) is 5.58. The summed E-state index contributed by atoms with van der Waals surface area (Å²) in [4.78, 5) is 0. The summed E-state index contributed by atoms with van der Waals surface area (Å²) in [6.07, 6.45) is 0.885. The Morgan fingerprint density at radius 3 is 2.92 bits per heavy atom. The molecule has 0 amide bonds. The maximum atomic E-state index is 13.8. The maximum absolute atomic E-state index is 13.8. The molecule has 0 spiro atoms. The van der Waals surface area contributed by atoms with Crippen molar-refractivity contribution in [3.63, 3.8) is 0 Å². The number of thiocarbonyl (C=S) groups is 1. The molecule has 0 bridgehead atoms. The van der Waals surface area contributed by atoms with Gasteiger partial charge in [-0.15, -0.1) is 0 Å². The van der Waals surface area contributed by atoms with Crippen LogP contribution < -0.4 is 10.6 Å². The molecular formula is C17H23FN4OS. The van der Waals surface area contributed by atoms with Crippen molar-refractivity contribution < 1.29 is 9.13 Å². The van der Waals surface area contributed by atoms with Gasteiger partial charge in [0.2, 0.25) is 0 Å². The first-order valence-electron chi connectivity index (χ1n) is 8.00. The molecule has 2 N–H and O–H groups in total. The van der Waals surface area contributed by atoms with E-state index >= 15 is 0 Å². The van der Waals surface area contributed by atoms with Crippen molar-refractivity contribution >= 4 is 23.1 Å². The van der Waals surface area contributed by atoms with E-state index in [2.05, 4.69) is 15.7 Å². The molecule has 0 atom stereocenters. The van der Waals surface area contributed by atoms with E-state index in [0.717, 1.165) is 25.3 Å². The van der Waals surface area contributed by atoms with E-state index in [1.807, 2.05) is 26.0 Å². The molecule has 7 heteroatoms. The van der Waals surface area contributed by atoms with Crippen molar-refractivity contribution in [3.8, 4) is 0 Å². The minimum atomic E-state index is -0.228. The lowest BCUT2D eigenvalue weighted by Gasteiger charge is -2.08. The molecule has 2 rings (SSSR count). The van der Waals surface area contributed by atoms with Crippen LogP contribution in [-0.4, -0.2) is 34.7 Å². The van der Waals surface area contributed by atoms with E-state index in [1.165, 1.54) is 6.07 Å². The van der Waals surface area contributed by atoms with Gasteiger partial charge >= 0.3 is 0 Å². The molecule has 1 aromatic heterocycles. The predicted molar refractivity (Wildman–Crippen MR) is 97.8 cm³/mol. The molecule has 1 heterocycles. The molecule has 1 aromatic carbocycles. The molecule has 0 aliphatic carbocycles. The van der Waals surface area contributed by atoms with Crippen molar-refractivity contribution in [1.29, 1.82) is 0 Å². The number of aromatic nitrogens is 2. The molecule has 5 nitrogen and oxygen atoms in total. The van der Waals surface area contributed by atoms with Crippen LogP contribution in [0.3, 0.4) is 0 Å². The van der Waals surface area contributed by atoms with Crippen LogP contribution in [0.15, 0.2) is 30.3 Å². The fourth-order valence-electron chi connectivity index (χ4n) is 2.20. The highest BCUT2D eigenvalue weighted by molar-refractivity contribution is 7.80. The van der Waals surface area contributed by atoms with E-state index in [4.69, 9.17) is 17.0 Å². The summed E-state index contributed by atoms with van der Waals surface area (Å²) in [5.74, 6) is 0.416. The summed E-state index contributed by atoms with van der Waals surface area (Å²) in [5, 5.41) is 11.1. The Morgan fingerprint density at radius 2 is 2.17 bits per heavy atom. The van der Waals surface area contributed by atoms with Gasteiger partial charge < -0.3 is 15.4 Å². The summed E-state index contributed by atoms with van der Waals surface area (Å²) >= 11 is 5.24. The number of aryl methyl sites for hydroxylation is 1. The second kappa shape index (κ2) is 9.34. The topological polar surface area (TPSA) is 51.1 Å². The zero-order valence-electron chi connectivity index (χ0n) is 14.0. The fourth-order valence-corrected chi connectivity index (χ4v) is 2.41. The van der Waals surface area contributed by atoms with Gasteiger partial charge in [-0.2, -0.15) is 5.10 Å². The van der Waals surface area contributed by atoms with Gasteiger partial charge in [-0.05, 0) is 38.6 Å². The normalized spacial score (nSPS) is 10.6. The molecule has 0 aliphatic rings. The Bertz CT molecular complexity index is 674. The van der Waals surface area contributed by atoms with Crippen LogP contribution in [0.1, 0.15) is 24.6 Å². The van der Waals surface area contributed by atoms with Crippen LogP contribution in [-0.2, 0) is 11.3 Å². The van der Waals surface area contributed by atoms with Crippen LogP contribution in [0.25, 0.3) is 0 Å². The minimum Gasteiger partial charge on any atom is -0.382 e. The number of nitrogens with zero attached hydrogens (tertiary/aromatic N) is 2.